The highest BCUT2D eigenvalue weighted by Gasteiger charge is 1.85. The van der Waals surface area contributed by atoms with Gasteiger partial charge in [0.25, 0.3) is 0 Å². The van der Waals surface area contributed by atoms with Crippen molar-refractivity contribution < 1.29 is 9.79 Å². The average molecular weight is 121 g/mol. The van der Waals surface area contributed by atoms with Crippen LogP contribution >= 0.6 is 8.38 Å². The summed E-state index contributed by atoms with van der Waals surface area (Å²) < 4.78 is 0. The van der Waals surface area contributed by atoms with Crippen molar-refractivity contribution in [3.8, 4) is 0 Å². The molecule has 0 fully saturated rings. The molecule has 2 nitrogen and oxygen atoms in total. The van der Waals surface area contributed by atoms with E-state index in [-0.39, 0.29) is 17.4 Å². The van der Waals surface area contributed by atoms with Crippen molar-refractivity contribution in [3.05, 3.63) is 0 Å². The molecule has 0 heterocycles. The molecular formula is C2H7AlO2P. The van der Waals surface area contributed by atoms with E-state index in [2.05, 4.69) is 0 Å². The third-order valence-corrected chi connectivity index (χ3v) is 0.849. The van der Waals surface area contributed by atoms with Crippen molar-refractivity contribution in [2.75, 3.05) is 6.16 Å². The average Bonchev–Trinajstić information content (AvgIpc) is 1.38. The molecule has 0 aromatic rings. The predicted octanol–water partition coefficient (Wildman–Crippen LogP) is -0.0780. The molecule has 0 rings (SSSR count). The lowest BCUT2D eigenvalue weighted by atomic mass is 11.0. The monoisotopic (exact) mass is 121 g/mol. The summed E-state index contributed by atoms with van der Waals surface area (Å²) in [6.45, 7) is 1.73. The third kappa shape index (κ3) is 8.86. The Morgan fingerprint density at radius 1 is 1.50 bits per heavy atom. The van der Waals surface area contributed by atoms with Crippen molar-refractivity contribution in [1.82, 2.24) is 0 Å². The SMILES string of the molecule is CCP(O)O.[Al]. The van der Waals surface area contributed by atoms with Crippen LogP contribution in [0.15, 0.2) is 0 Å². The van der Waals surface area contributed by atoms with Gasteiger partial charge < -0.3 is 9.79 Å². The van der Waals surface area contributed by atoms with Crippen LogP contribution in [-0.4, -0.2) is 33.3 Å². The van der Waals surface area contributed by atoms with E-state index in [0.29, 0.717) is 6.16 Å². The van der Waals surface area contributed by atoms with Crippen LogP contribution in [0.2, 0.25) is 0 Å². The van der Waals surface area contributed by atoms with Crippen molar-refractivity contribution >= 4 is 25.7 Å². The first-order valence-electron chi connectivity index (χ1n) is 1.42. The molecule has 3 radical (unpaired) electrons. The molecule has 4 heteroatoms. The minimum Gasteiger partial charge on any atom is -0.350 e. The van der Waals surface area contributed by atoms with Crippen LogP contribution in [0, 0.1) is 0 Å². The van der Waals surface area contributed by atoms with Crippen LogP contribution in [0.25, 0.3) is 0 Å². The van der Waals surface area contributed by atoms with E-state index in [1.54, 1.807) is 6.92 Å². The Morgan fingerprint density at radius 3 is 1.67 bits per heavy atom. The number of hydrogen-bond acceptors (Lipinski definition) is 2. The summed E-state index contributed by atoms with van der Waals surface area (Å²) in [6, 6.07) is 0. The van der Waals surface area contributed by atoms with Crippen LogP contribution in [0.3, 0.4) is 0 Å². The van der Waals surface area contributed by atoms with Crippen LogP contribution < -0.4 is 0 Å². The zero-order valence-corrected chi connectivity index (χ0v) is 5.68. The van der Waals surface area contributed by atoms with Crippen molar-refractivity contribution in [2.45, 2.75) is 6.92 Å². The van der Waals surface area contributed by atoms with Crippen molar-refractivity contribution in [3.63, 3.8) is 0 Å². The van der Waals surface area contributed by atoms with Crippen LogP contribution in [0.5, 0.6) is 0 Å². The maximum Gasteiger partial charge on any atom is 0.164 e. The van der Waals surface area contributed by atoms with Gasteiger partial charge in [0, 0.05) is 23.5 Å². The summed E-state index contributed by atoms with van der Waals surface area (Å²) in [5.74, 6) is 0. The van der Waals surface area contributed by atoms with E-state index in [9.17, 15) is 0 Å². The van der Waals surface area contributed by atoms with E-state index in [4.69, 9.17) is 9.79 Å². The first-order chi connectivity index (χ1) is 2.27. The maximum atomic E-state index is 7.98. The largest absolute Gasteiger partial charge is 0.350 e. The fourth-order valence-electron chi connectivity index (χ4n) is 0. The van der Waals surface area contributed by atoms with E-state index in [0.717, 1.165) is 0 Å². The van der Waals surface area contributed by atoms with E-state index >= 15 is 0 Å². The van der Waals surface area contributed by atoms with Crippen molar-refractivity contribution in [2.24, 2.45) is 0 Å². The summed E-state index contributed by atoms with van der Waals surface area (Å²) in [4.78, 5) is 16.0. The van der Waals surface area contributed by atoms with Gasteiger partial charge in [0.2, 0.25) is 0 Å². The molecule has 35 valence electrons. The predicted molar refractivity (Wildman–Crippen MR) is 27.7 cm³/mol. The quantitative estimate of drug-likeness (QED) is 0.376. The van der Waals surface area contributed by atoms with Gasteiger partial charge in [-0.1, -0.05) is 6.92 Å². The third-order valence-electron chi connectivity index (χ3n) is 0.283. The molecule has 6 heavy (non-hydrogen) atoms. The van der Waals surface area contributed by atoms with E-state index in [1.807, 2.05) is 0 Å². The molecule has 2 N–H and O–H groups in total. The lowest BCUT2D eigenvalue weighted by Gasteiger charge is -1.88. The minimum absolute atomic E-state index is 0. The maximum absolute atomic E-state index is 7.98. The molecule has 0 aliphatic rings. The Bertz CT molecular complexity index is 25.5. The second kappa shape index (κ2) is 5.88. The Hall–Kier alpha value is 0.882. The Morgan fingerprint density at radius 2 is 1.67 bits per heavy atom. The summed E-state index contributed by atoms with van der Waals surface area (Å²) in [6.07, 6.45) is 0.481. The molecule has 0 aromatic heterocycles. The molecule has 0 atom stereocenters. The molecule has 0 saturated carbocycles. The van der Waals surface area contributed by atoms with Gasteiger partial charge in [0.1, 0.15) is 0 Å². The van der Waals surface area contributed by atoms with Crippen LogP contribution in [0.1, 0.15) is 6.92 Å². The first-order valence-corrected chi connectivity index (χ1v) is 2.86. The topological polar surface area (TPSA) is 40.5 Å². The van der Waals surface area contributed by atoms with Gasteiger partial charge in [-0.3, -0.25) is 0 Å². The van der Waals surface area contributed by atoms with Gasteiger partial charge in [-0.05, 0) is 0 Å². The summed E-state index contributed by atoms with van der Waals surface area (Å²) in [5.41, 5.74) is 0. The second-order valence-corrected chi connectivity index (χ2v) is 2.07. The van der Waals surface area contributed by atoms with Crippen LogP contribution in [-0.2, 0) is 0 Å². The van der Waals surface area contributed by atoms with Gasteiger partial charge in [-0.25, -0.2) is 0 Å². The zero-order chi connectivity index (χ0) is 4.28. The highest BCUT2D eigenvalue weighted by Crippen LogP contribution is 2.19. The van der Waals surface area contributed by atoms with Gasteiger partial charge in [0.05, 0.1) is 0 Å². The fraction of sp³-hybridized carbons (Fsp3) is 1.00. The molecule has 0 aliphatic carbocycles. The van der Waals surface area contributed by atoms with Crippen molar-refractivity contribution in [1.29, 1.82) is 0 Å². The highest BCUT2D eigenvalue weighted by atomic mass is 31.2. The van der Waals surface area contributed by atoms with E-state index in [1.165, 1.54) is 0 Å². The number of rotatable bonds is 1. The lowest BCUT2D eigenvalue weighted by Crippen LogP contribution is -1.67. The lowest BCUT2D eigenvalue weighted by molar-refractivity contribution is 0.484. The molecule has 0 bridgehead atoms. The standard InChI is InChI=1S/C2H7O2P.Al/c1-2-5(3)4;/h3-4H,2H2,1H3;. The highest BCUT2D eigenvalue weighted by molar-refractivity contribution is 7.45. The summed E-state index contributed by atoms with van der Waals surface area (Å²) in [5, 5.41) is 0. The number of hydrogen-bond donors (Lipinski definition) is 2. The molecule has 0 unspecified atom stereocenters. The van der Waals surface area contributed by atoms with Gasteiger partial charge >= 0.3 is 0 Å². The molecular weight excluding hydrogens is 114 g/mol. The molecule has 0 spiro atoms. The van der Waals surface area contributed by atoms with Gasteiger partial charge in [0.15, 0.2) is 8.38 Å². The second-order valence-electron chi connectivity index (χ2n) is 0.689. The van der Waals surface area contributed by atoms with Crippen LogP contribution in [0.4, 0.5) is 0 Å². The smallest absolute Gasteiger partial charge is 0.164 e. The zero-order valence-electron chi connectivity index (χ0n) is 3.63. The fourth-order valence-corrected chi connectivity index (χ4v) is 0. The Balaban J connectivity index is 0. The normalized spacial score (nSPS) is 8.00. The summed E-state index contributed by atoms with van der Waals surface area (Å²) >= 11 is 0. The Kier molecular flexibility index (Phi) is 9.79. The molecule has 0 saturated heterocycles. The summed E-state index contributed by atoms with van der Waals surface area (Å²) in [7, 11) is -1.60. The molecule has 0 amide bonds. The first kappa shape index (κ1) is 9.99. The van der Waals surface area contributed by atoms with Gasteiger partial charge in [-0.2, -0.15) is 0 Å². The van der Waals surface area contributed by atoms with E-state index < -0.39 is 8.38 Å². The van der Waals surface area contributed by atoms with Gasteiger partial charge in [-0.15, -0.1) is 0 Å². The minimum atomic E-state index is -1.60. The molecule has 0 aromatic carbocycles. The molecule has 0 aliphatic heterocycles. The Labute approximate surface area is 49.2 Å².